The molecule has 31 heavy (non-hydrogen) atoms. The maximum Gasteiger partial charge on any atom is 0.243 e. The summed E-state index contributed by atoms with van der Waals surface area (Å²) in [5, 5.41) is 17.7. The van der Waals surface area contributed by atoms with E-state index in [0.717, 1.165) is 5.56 Å². The third-order valence-corrected chi connectivity index (χ3v) is 4.39. The number of benzene rings is 1. The number of carbonyl (C=O) groups excluding carboxylic acids is 3. The van der Waals surface area contributed by atoms with Crippen molar-refractivity contribution in [3.63, 3.8) is 0 Å². The Balaban J connectivity index is 2.82. The second-order valence-electron chi connectivity index (χ2n) is 7.71. The highest BCUT2D eigenvalue weighted by molar-refractivity contribution is 5.91. The average Bonchev–Trinajstić information content (AvgIpc) is 2.70. The average molecular weight is 438 g/mol. The number of nitrogens with one attached hydrogen (secondary N) is 3. The van der Waals surface area contributed by atoms with Crippen LogP contribution in [0, 0.1) is 5.92 Å². The Labute approximate surface area is 183 Å². The van der Waals surface area contributed by atoms with Crippen LogP contribution in [0.25, 0.3) is 0 Å². The van der Waals surface area contributed by atoms with Crippen molar-refractivity contribution in [2.75, 3.05) is 33.5 Å². The number of phenolic OH excluding ortho intramolecular Hbond substituents is 1. The SMILES string of the molecule is COCCOCCNC(=O)[C@H](Cc1ccc(O)cc1)NC(=O)[C@H](CC(C)C)NC(C)=O. The van der Waals surface area contributed by atoms with Crippen LogP contribution in [0.15, 0.2) is 24.3 Å². The normalized spacial score (nSPS) is 12.8. The van der Waals surface area contributed by atoms with Crippen molar-refractivity contribution < 1.29 is 29.0 Å². The van der Waals surface area contributed by atoms with Gasteiger partial charge in [0.25, 0.3) is 0 Å². The molecule has 1 aromatic rings. The van der Waals surface area contributed by atoms with E-state index in [1.54, 1.807) is 19.2 Å². The molecule has 0 aliphatic heterocycles. The minimum atomic E-state index is -0.848. The predicted molar refractivity (Wildman–Crippen MR) is 117 cm³/mol. The zero-order valence-corrected chi connectivity index (χ0v) is 18.8. The molecular weight excluding hydrogens is 402 g/mol. The second-order valence-corrected chi connectivity index (χ2v) is 7.71. The Morgan fingerprint density at radius 1 is 0.968 bits per heavy atom. The number of ether oxygens (including phenoxy) is 2. The van der Waals surface area contributed by atoms with E-state index in [9.17, 15) is 19.5 Å². The van der Waals surface area contributed by atoms with E-state index < -0.39 is 18.0 Å². The summed E-state index contributed by atoms with van der Waals surface area (Å²) in [4.78, 5) is 37.1. The molecule has 4 N–H and O–H groups in total. The maximum absolute atomic E-state index is 12.8. The van der Waals surface area contributed by atoms with Gasteiger partial charge in [0.1, 0.15) is 17.8 Å². The number of amides is 3. The number of phenols is 1. The summed E-state index contributed by atoms with van der Waals surface area (Å²) in [5.41, 5.74) is 0.773. The molecule has 0 spiro atoms. The third kappa shape index (κ3) is 11.4. The van der Waals surface area contributed by atoms with Crippen molar-refractivity contribution in [1.82, 2.24) is 16.0 Å². The molecule has 0 aliphatic carbocycles. The first-order chi connectivity index (χ1) is 14.7. The zero-order valence-electron chi connectivity index (χ0n) is 18.8. The molecule has 1 aromatic carbocycles. The summed E-state index contributed by atoms with van der Waals surface area (Å²) in [7, 11) is 1.58. The lowest BCUT2D eigenvalue weighted by Crippen LogP contribution is -2.54. The van der Waals surface area contributed by atoms with Gasteiger partial charge in [0, 0.05) is 27.0 Å². The molecule has 3 amide bonds. The van der Waals surface area contributed by atoms with Crippen molar-refractivity contribution in [1.29, 1.82) is 0 Å². The summed E-state index contributed by atoms with van der Waals surface area (Å²) < 4.78 is 10.2. The molecule has 0 aromatic heterocycles. The van der Waals surface area contributed by atoms with Gasteiger partial charge < -0.3 is 30.5 Å². The largest absolute Gasteiger partial charge is 0.508 e. The van der Waals surface area contributed by atoms with Crippen molar-refractivity contribution in [2.45, 2.75) is 45.7 Å². The topological polar surface area (TPSA) is 126 Å². The summed E-state index contributed by atoms with van der Waals surface area (Å²) in [6, 6.07) is 4.84. The van der Waals surface area contributed by atoms with Crippen LogP contribution in [0.3, 0.4) is 0 Å². The Morgan fingerprint density at radius 2 is 1.65 bits per heavy atom. The van der Waals surface area contributed by atoms with Gasteiger partial charge in [-0.25, -0.2) is 0 Å². The summed E-state index contributed by atoms with van der Waals surface area (Å²) in [6.07, 6.45) is 0.684. The molecule has 0 saturated heterocycles. The highest BCUT2D eigenvalue weighted by atomic mass is 16.5. The molecule has 0 heterocycles. The van der Waals surface area contributed by atoms with Crippen LogP contribution in [0.4, 0.5) is 0 Å². The number of methoxy groups -OCH3 is 1. The number of aromatic hydroxyl groups is 1. The van der Waals surface area contributed by atoms with Crippen molar-refractivity contribution >= 4 is 17.7 Å². The summed E-state index contributed by atoms with van der Waals surface area (Å²) in [5.74, 6) is -0.795. The number of carbonyl (C=O) groups is 3. The fourth-order valence-electron chi connectivity index (χ4n) is 2.91. The van der Waals surface area contributed by atoms with Gasteiger partial charge in [0.2, 0.25) is 17.7 Å². The lowest BCUT2D eigenvalue weighted by atomic mass is 10.0. The minimum Gasteiger partial charge on any atom is -0.508 e. The highest BCUT2D eigenvalue weighted by Crippen LogP contribution is 2.12. The van der Waals surface area contributed by atoms with Gasteiger partial charge in [-0.1, -0.05) is 26.0 Å². The molecule has 0 unspecified atom stereocenters. The molecule has 0 radical (unpaired) electrons. The molecule has 0 fully saturated rings. The molecule has 0 aliphatic rings. The van der Waals surface area contributed by atoms with Crippen LogP contribution in [0.2, 0.25) is 0 Å². The number of hydrogen-bond donors (Lipinski definition) is 4. The van der Waals surface area contributed by atoms with Gasteiger partial charge in [-0.2, -0.15) is 0 Å². The molecule has 9 nitrogen and oxygen atoms in total. The lowest BCUT2D eigenvalue weighted by molar-refractivity contribution is -0.132. The summed E-state index contributed by atoms with van der Waals surface area (Å²) in [6.45, 7) is 6.74. The molecular formula is C22H35N3O6. The summed E-state index contributed by atoms with van der Waals surface area (Å²) >= 11 is 0. The molecule has 0 bridgehead atoms. The van der Waals surface area contributed by atoms with E-state index in [4.69, 9.17) is 9.47 Å². The Kier molecular flexibility index (Phi) is 12.2. The van der Waals surface area contributed by atoms with Crippen LogP contribution in [-0.2, 0) is 30.3 Å². The lowest BCUT2D eigenvalue weighted by Gasteiger charge is -2.24. The van der Waals surface area contributed by atoms with Crippen LogP contribution >= 0.6 is 0 Å². The predicted octanol–water partition coefficient (Wildman–Crippen LogP) is 0.750. The fourth-order valence-corrected chi connectivity index (χ4v) is 2.91. The van der Waals surface area contributed by atoms with E-state index in [0.29, 0.717) is 26.2 Å². The zero-order chi connectivity index (χ0) is 23.2. The van der Waals surface area contributed by atoms with Gasteiger partial charge in [-0.3, -0.25) is 14.4 Å². The first-order valence-electron chi connectivity index (χ1n) is 10.4. The standard InChI is InChI=1S/C22H35N3O6/c1-15(2)13-19(24-16(3)26)22(29)25-20(14-17-5-7-18(27)8-6-17)21(28)23-9-10-31-12-11-30-4/h5-8,15,19-20,27H,9-14H2,1-4H3,(H,23,28)(H,24,26)(H,25,29)/t19-,20-/m0/s1. The van der Waals surface area contributed by atoms with E-state index >= 15 is 0 Å². The first kappa shape index (κ1) is 26.4. The monoisotopic (exact) mass is 437 g/mol. The van der Waals surface area contributed by atoms with Gasteiger partial charge >= 0.3 is 0 Å². The van der Waals surface area contributed by atoms with E-state index in [-0.39, 0.29) is 36.4 Å². The van der Waals surface area contributed by atoms with Gasteiger partial charge in [-0.15, -0.1) is 0 Å². The Morgan fingerprint density at radius 3 is 2.23 bits per heavy atom. The number of hydrogen-bond acceptors (Lipinski definition) is 6. The smallest absolute Gasteiger partial charge is 0.243 e. The highest BCUT2D eigenvalue weighted by Gasteiger charge is 2.27. The van der Waals surface area contributed by atoms with E-state index in [2.05, 4.69) is 16.0 Å². The van der Waals surface area contributed by atoms with Gasteiger partial charge in [0.15, 0.2) is 0 Å². The third-order valence-electron chi connectivity index (χ3n) is 4.39. The molecule has 0 saturated carbocycles. The first-order valence-corrected chi connectivity index (χ1v) is 10.4. The number of rotatable bonds is 14. The van der Waals surface area contributed by atoms with Crippen molar-refractivity contribution in [3.8, 4) is 5.75 Å². The quantitative estimate of drug-likeness (QED) is 0.318. The van der Waals surface area contributed by atoms with Crippen LogP contribution < -0.4 is 16.0 Å². The van der Waals surface area contributed by atoms with E-state index in [1.165, 1.54) is 19.1 Å². The van der Waals surface area contributed by atoms with Gasteiger partial charge in [-0.05, 0) is 30.0 Å². The second kappa shape index (κ2) is 14.4. The fraction of sp³-hybridized carbons (Fsp3) is 0.591. The Bertz CT molecular complexity index is 693. The molecule has 9 heteroatoms. The van der Waals surface area contributed by atoms with Crippen molar-refractivity contribution in [2.24, 2.45) is 5.92 Å². The maximum atomic E-state index is 12.8. The molecule has 2 atom stereocenters. The molecule has 1 rings (SSSR count). The van der Waals surface area contributed by atoms with Crippen LogP contribution in [0.5, 0.6) is 5.75 Å². The van der Waals surface area contributed by atoms with Crippen LogP contribution in [-0.4, -0.2) is 68.4 Å². The minimum absolute atomic E-state index is 0.115. The van der Waals surface area contributed by atoms with Crippen LogP contribution in [0.1, 0.15) is 32.8 Å². The van der Waals surface area contributed by atoms with E-state index in [1.807, 2.05) is 13.8 Å². The van der Waals surface area contributed by atoms with Crippen molar-refractivity contribution in [3.05, 3.63) is 29.8 Å². The Hall–Kier alpha value is -2.65. The van der Waals surface area contributed by atoms with Gasteiger partial charge in [0.05, 0.1) is 19.8 Å². The molecule has 174 valence electrons.